The van der Waals surface area contributed by atoms with Gasteiger partial charge in [0.25, 0.3) is 0 Å². The number of hydrogen-bond donors (Lipinski definition) is 1. The molecule has 3 aromatic carbocycles. The Kier molecular flexibility index (Phi) is 8.41. The van der Waals surface area contributed by atoms with Crippen molar-refractivity contribution in [2.24, 2.45) is 0 Å². The van der Waals surface area contributed by atoms with Crippen molar-refractivity contribution in [2.45, 2.75) is 23.7 Å². The van der Waals surface area contributed by atoms with Crippen LogP contribution in [-0.2, 0) is 18.8 Å². The normalized spacial score (nSPS) is 11.3. The summed E-state index contributed by atoms with van der Waals surface area (Å²) in [5.41, 5.74) is 6.53. The molecule has 5 rings (SSSR count). The first kappa shape index (κ1) is 25.3. The monoisotopic (exact) mass is 527 g/mol. The second kappa shape index (κ2) is 12.3. The van der Waals surface area contributed by atoms with E-state index in [0.29, 0.717) is 10.8 Å². The van der Waals surface area contributed by atoms with Crippen LogP contribution in [0.5, 0.6) is 0 Å². The number of para-hydroxylation sites is 1. The lowest BCUT2D eigenvalue weighted by Gasteiger charge is -2.27. The number of benzene rings is 3. The van der Waals surface area contributed by atoms with Crippen molar-refractivity contribution in [3.63, 3.8) is 0 Å². The van der Waals surface area contributed by atoms with Gasteiger partial charge in [0.1, 0.15) is 5.52 Å². The fraction of sp³-hybridized carbons (Fsp3) is 0.200. The van der Waals surface area contributed by atoms with Crippen LogP contribution >= 0.6 is 23.4 Å². The van der Waals surface area contributed by atoms with E-state index in [1.54, 1.807) is 18.1 Å². The molecule has 0 unspecified atom stereocenters. The molecule has 0 amide bonds. The van der Waals surface area contributed by atoms with Gasteiger partial charge in [-0.15, -0.1) is 11.8 Å². The first-order valence-corrected chi connectivity index (χ1v) is 13.7. The molecule has 0 aliphatic heterocycles. The summed E-state index contributed by atoms with van der Waals surface area (Å²) >= 11 is 8.60. The van der Waals surface area contributed by atoms with Crippen molar-refractivity contribution >= 4 is 40.1 Å². The zero-order valence-electron chi connectivity index (χ0n) is 20.8. The number of rotatable bonds is 11. The summed E-state index contributed by atoms with van der Waals surface area (Å²) in [4.78, 5) is 18.1. The van der Waals surface area contributed by atoms with Crippen LogP contribution in [0.2, 0.25) is 5.02 Å². The van der Waals surface area contributed by atoms with Gasteiger partial charge >= 0.3 is 0 Å². The molecule has 0 atom stereocenters. The average molecular weight is 528 g/mol. The topological polar surface area (TPSA) is 48.0 Å². The number of aromatic nitrogens is 3. The molecule has 2 heterocycles. The standard InChI is InChI=1S/C30H30ClN5S/c1-35(17-18-36(19-23-9-4-2-5-10-23)20-24-11-6-3-7-12-24)27-15-16-32-26(29(27)31)21-37-28-14-8-13-25-30(28)34-22-33-25/h2-16,22H,17-21H2,1H3,(H,33,34). The minimum atomic E-state index is 0.681. The lowest BCUT2D eigenvalue weighted by Crippen LogP contribution is -2.33. The van der Waals surface area contributed by atoms with Crippen molar-refractivity contribution in [2.75, 3.05) is 25.0 Å². The third-order valence-electron chi connectivity index (χ3n) is 6.38. The van der Waals surface area contributed by atoms with Crippen LogP contribution in [-0.4, -0.2) is 40.0 Å². The van der Waals surface area contributed by atoms with Gasteiger partial charge in [-0.25, -0.2) is 4.98 Å². The second-order valence-electron chi connectivity index (χ2n) is 9.04. The number of nitrogens with one attached hydrogen (secondary N) is 1. The largest absolute Gasteiger partial charge is 0.372 e. The van der Waals surface area contributed by atoms with Crippen LogP contribution in [0, 0.1) is 0 Å². The highest BCUT2D eigenvalue weighted by Crippen LogP contribution is 2.33. The van der Waals surface area contributed by atoms with Crippen LogP contribution < -0.4 is 4.90 Å². The Hall–Kier alpha value is -3.32. The molecule has 37 heavy (non-hydrogen) atoms. The Morgan fingerprint density at radius 2 is 1.51 bits per heavy atom. The molecule has 1 N–H and O–H groups in total. The molecule has 0 bridgehead atoms. The number of halogens is 1. The van der Waals surface area contributed by atoms with E-state index in [4.69, 9.17) is 11.6 Å². The summed E-state index contributed by atoms with van der Waals surface area (Å²) < 4.78 is 0. The van der Waals surface area contributed by atoms with Gasteiger partial charge in [-0.3, -0.25) is 9.88 Å². The van der Waals surface area contributed by atoms with E-state index in [0.717, 1.165) is 53.5 Å². The fourth-order valence-corrected chi connectivity index (χ4v) is 5.77. The fourth-order valence-electron chi connectivity index (χ4n) is 4.38. The molecular formula is C30H30ClN5S. The molecule has 188 valence electrons. The minimum absolute atomic E-state index is 0.681. The molecule has 0 radical (unpaired) electrons. The van der Waals surface area contributed by atoms with Crippen molar-refractivity contribution in [1.29, 1.82) is 0 Å². The molecule has 0 aliphatic carbocycles. The molecule has 5 nitrogen and oxygen atoms in total. The zero-order chi connectivity index (χ0) is 25.5. The third kappa shape index (κ3) is 6.52. The van der Waals surface area contributed by atoms with Crippen molar-refractivity contribution < 1.29 is 0 Å². The third-order valence-corrected chi connectivity index (χ3v) is 7.85. The van der Waals surface area contributed by atoms with E-state index in [9.17, 15) is 0 Å². The summed E-state index contributed by atoms with van der Waals surface area (Å²) in [7, 11) is 2.10. The number of pyridine rings is 1. The van der Waals surface area contributed by atoms with E-state index in [1.807, 2.05) is 24.4 Å². The van der Waals surface area contributed by atoms with Gasteiger partial charge in [0.05, 0.1) is 28.2 Å². The lowest BCUT2D eigenvalue weighted by atomic mass is 10.1. The van der Waals surface area contributed by atoms with Crippen LogP contribution in [0.25, 0.3) is 11.0 Å². The molecule has 0 saturated carbocycles. The molecule has 7 heteroatoms. The van der Waals surface area contributed by atoms with E-state index >= 15 is 0 Å². The number of fused-ring (bicyclic) bond motifs is 1. The number of imidazole rings is 1. The van der Waals surface area contributed by atoms with Crippen molar-refractivity contribution in [1.82, 2.24) is 19.9 Å². The molecule has 0 saturated heterocycles. The van der Waals surface area contributed by atoms with Crippen LogP contribution in [0.1, 0.15) is 16.8 Å². The SMILES string of the molecule is CN(CCN(Cc1ccccc1)Cc1ccccc1)c1ccnc(CSc2cccc3[nH]cnc23)c1Cl. The Morgan fingerprint density at radius 1 is 0.811 bits per heavy atom. The van der Waals surface area contributed by atoms with Crippen LogP contribution in [0.4, 0.5) is 5.69 Å². The number of H-pyrrole nitrogens is 1. The highest BCUT2D eigenvalue weighted by atomic mass is 35.5. The van der Waals surface area contributed by atoms with Crippen LogP contribution in [0.3, 0.4) is 0 Å². The summed E-state index contributed by atoms with van der Waals surface area (Å²) in [6, 6.07) is 29.5. The van der Waals surface area contributed by atoms with Crippen LogP contribution in [0.15, 0.2) is 102 Å². The number of nitrogens with zero attached hydrogens (tertiary/aromatic N) is 4. The van der Waals surface area contributed by atoms with Gasteiger partial charge in [-0.2, -0.15) is 0 Å². The maximum Gasteiger partial charge on any atom is 0.102 e. The number of anilines is 1. The lowest BCUT2D eigenvalue weighted by molar-refractivity contribution is 0.263. The quantitative estimate of drug-likeness (QED) is 0.187. The first-order chi connectivity index (χ1) is 18.2. The Labute approximate surface area is 227 Å². The predicted octanol–water partition coefficient (Wildman–Crippen LogP) is 7.04. The Morgan fingerprint density at radius 3 is 2.22 bits per heavy atom. The van der Waals surface area contributed by atoms with Crippen molar-refractivity contribution in [3.05, 3.63) is 119 Å². The summed E-state index contributed by atoms with van der Waals surface area (Å²) in [6.07, 6.45) is 3.59. The maximum atomic E-state index is 6.89. The number of hydrogen-bond acceptors (Lipinski definition) is 5. The van der Waals surface area contributed by atoms with E-state index in [1.165, 1.54) is 11.1 Å². The Balaban J connectivity index is 1.26. The van der Waals surface area contributed by atoms with E-state index in [2.05, 4.69) is 98.5 Å². The second-order valence-corrected chi connectivity index (χ2v) is 10.4. The van der Waals surface area contributed by atoms with Gasteiger partial charge in [-0.1, -0.05) is 78.3 Å². The first-order valence-electron chi connectivity index (χ1n) is 12.4. The molecule has 0 fully saturated rings. The number of likely N-dealkylation sites (N-methyl/N-ethyl adjacent to an activating group) is 1. The number of thioether (sulfide) groups is 1. The van der Waals surface area contributed by atoms with Gasteiger partial charge in [0, 0.05) is 50.1 Å². The molecule has 0 aliphatic rings. The smallest absolute Gasteiger partial charge is 0.102 e. The van der Waals surface area contributed by atoms with E-state index in [-0.39, 0.29) is 0 Å². The maximum absolute atomic E-state index is 6.89. The molecule has 5 aromatic rings. The molecular weight excluding hydrogens is 498 g/mol. The molecule has 2 aromatic heterocycles. The summed E-state index contributed by atoms with van der Waals surface area (Å²) in [6.45, 7) is 3.55. The minimum Gasteiger partial charge on any atom is -0.372 e. The zero-order valence-corrected chi connectivity index (χ0v) is 22.4. The molecule has 0 spiro atoms. The van der Waals surface area contributed by atoms with E-state index < -0.39 is 0 Å². The highest BCUT2D eigenvalue weighted by Gasteiger charge is 2.15. The van der Waals surface area contributed by atoms with Gasteiger partial charge in [0.2, 0.25) is 0 Å². The average Bonchev–Trinajstić information content (AvgIpc) is 3.42. The van der Waals surface area contributed by atoms with Gasteiger partial charge in [-0.05, 0) is 29.3 Å². The predicted molar refractivity (Wildman–Crippen MR) is 155 cm³/mol. The summed E-state index contributed by atoms with van der Waals surface area (Å²) in [5, 5.41) is 0.712. The summed E-state index contributed by atoms with van der Waals surface area (Å²) in [5.74, 6) is 0.681. The number of aromatic amines is 1. The van der Waals surface area contributed by atoms with Crippen molar-refractivity contribution in [3.8, 4) is 0 Å². The van der Waals surface area contributed by atoms with Gasteiger partial charge in [0.15, 0.2) is 0 Å². The highest BCUT2D eigenvalue weighted by molar-refractivity contribution is 7.98. The van der Waals surface area contributed by atoms with Gasteiger partial charge < -0.3 is 9.88 Å². The Bertz CT molecular complexity index is 1380.